The number of aliphatic hydroxyl groups excluding tert-OH is 1. The number of rotatable bonds is 8. The van der Waals surface area contributed by atoms with Gasteiger partial charge in [0.1, 0.15) is 30.0 Å². The van der Waals surface area contributed by atoms with Crippen molar-refractivity contribution in [1.29, 1.82) is 0 Å². The standard InChI is InChI=1S/C32H39NO10/c1-15(34)42-18-11-19(39-3)32-17-12-31(37)27(43-29(36)16-9-7-6-8-10-16)20(17)21(23(35)28(31)41-5)22-24(40-4)25(32)30(18,14-38-2)13-33-26(22)32/h6-10,17-20,23-25,27-28,35,37H,11-14H2,1-5H3/t17-,18?,19+,20+,23-,24+,25-,27-,28+,30+,31+,32+/m1/s1. The van der Waals surface area contributed by atoms with Gasteiger partial charge < -0.3 is 38.6 Å². The molecule has 11 heteroatoms. The van der Waals surface area contributed by atoms with Gasteiger partial charge in [0.2, 0.25) is 0 Å². The summed E-state index contributed by atoms with van der Waals surface area (Å²) in [6, 6.07) is 8.66. The smallest absolute Gasteiger partial charge is 0.338 e. The zero-order valence-electron chi connectivity index (χ0n) is 25.0. The summed E-state index contributed by atoms with van der Waals surface area (Å²) >= 11 is 0. The van der Waals surface area contributed by atoms with Gasteiger partial charge in [-0.15, -0.1) is 0 Å². The van der Waals surface area contributed by atoms with Crippen LogP contribution in [0.3, 0.4) is 0 Å². The topological polar surface area (TPSA) is 142 Å². The van der Waals surface area contributed by atoms with E-state index in [1.54, 1.807) is 45.6 Å². The number of aliphatic hydroxyl groups is 2. The van der Waals surface area contributed by atoms with Crippen molar-refractivity contribution in [2.24, 2.45) is 33.6 Å². The highest BCUT2D eigenvalue weighted by molar-refractivity contribution is 6.12. The fourth-order valence-corrected chi connectivity index (χ4v) is 10.4. The van der Waals surface area contributed by atoms with Crippen molar-refractivity contribution in [3.05, 3.63) is 47.0 Å². The lowest BCUT2D eigenvalue weighted by atomic mass is 9.45. The van der Waals surface area contributed by atoms with E-state index in [1.165, 1.54) is 14.0 Å². The molecule has 7 rings (SSSR count). The van der Waals surface area contributed by atoms with E-state index in [0.717, 1.165) is 11.3 Å². The van der Waals surface area contributed by atoms with Gasteiger partial charge in [-0.05, 0) is 30.0 Å². The van der Waals surface area contributed by atoms with Crippen LogP contribution in [0.25, 0.3) is 0 Å². The second-order valence-corrected chi connectivity index (χ2v) is 12.9. The lowest BCUT2D eigenvalue weighted by molar-refractivity contribution is -0.223. The molecule has 0 amide bonds. The van der Waals surface area contributed by atoms with E-state index in [9.17, 15) is 19.8 Å². The molecule has 43 heavy (non-hydrogen) atoms. The van der Waals surface area contributed by atoms with E-state index in [-0.39, 0.29) is 24.9 Å². The SMILES string of the molecule is COC[C@@]12CN=C3C4=C5[C@H]6[C@@H](OC(=O)c7ccccc7)[C@@](O)(C[C@H]6[C@]3([C@@H](OC)CC1OC(C)=O)[C@@H]2[C@H]4OC)[C@@H](OC)[C@@H]5O. The number of esters is 2. The molecule has 12 atom stereocenters. The van der Waals surface area contributed by atoms with Crippen molar-refractivity contribution in [3.8, 4) is 0 Å². The Balaban J connectivity index is 1.46. The maximum atomic E-state index is 13.5. The minimum atomic E-state index is -1.69. The number of benzene rings is 1. The Bertz CT molecular complexity index is 1400. The first-order valence-corrected chi connectivity index (χ1v) is 14.9. The van der Waals surface area contributed by atoms with E-state index < -0.39 is 70.9 Å². The number of hydrogen-bond acceptors (Lipinski definition) is 11. The van der Waals surface area contributed by atoms with Crippen LogP contribution in [0.5, 0.6) is 0 Å². The van der Waals surface area contributed by atoms with Gasteiger partial charge in [-0.2, -0.15) is 0 Å². The molecule has 11 nitrogen and oxygen atoms in total. The average molecular weight is 598 g/mol. The molecule has 5 aliphatic carbocycles. The van der Waals surface area contributed by atoms with Gasteiger partial charge in [0, 0.05) is 64.6 Å². The van der Waals surface area contributed by atoms with Crippen molar-refractivity contribution in [2.75, 3.05) is 41.6 Å². The molecule has 4 saturated carbocycles. The fourth-order valence-electron chi connectivity index (χ4n) is 10.4. The quantitative estimate of drug-likeness (QED) is 0.422. The highest BCUT2D eigenvalue weighted by atomic mass is 16.6. The normalized spacial score (nSPS) is 45.1. The Morgan fingerprint density at radius 1 is 1.00 bits per heavy atom. The van der Waals surface area contributed by atoms with E-state index in [2.05, 4.69) is 0 Å². The van der Waals surface area contributed by atoms with E-state index in [0.29, 0.717) is 24.1 Å². The number of hydrogen-bond donors (Lipinski definition) is 2. The van der Waals surface area contributed by atoms with Crippen LogP contribution in [0.1, 0.15) is 30.1 Å². The first-order chi connectivity index (χ1) is 20.6. The van der Waals surface area contributed by atoms with Crippen LogP contribution in [-0.2, 0) is 33.2 Å². The van der Waals surface area contributed by atoms with Gasteiger partial charge >= 0.3 is 11.9 Å². The van der Waals surface area contributed by atoms with Crippen LogP contribution in [-0.4, -0.2) is 112 Å². The van der Waals surface area contributed by atoms with E-state index in [1.807, 2.05) is 6.07 Å². The number of methoxy groups -OCH3 is 4. The van der Waals surface area contributed by atoms with Crippen LogP contribution in [0.15, 0.2) is 46.5 Å². The van der Waals surface area contributed by atoms with Gasteiger partial charge in [-0.3, -0.25) is 9.79 Å². The van der Waals surface area contributed by atoms with Crippen LogP contribution >= 0.6 is 0 Å². The molecule has 1 spiro atoms. The first-order valence-electron chi connectivity index (χ1n) is 14.9. The third kappa shape index (κ3) is 3.43. The summed E-state index contributed by atoms with van der Waals surface area (Å²) in [5.41, 5.74) is -0.711. The van der Waals surface area contributed by atoms with E-state index >= 15 is 0 Å². The number of carbonyl (C=O) groups is 2. The Labute approximate surface area is 250 Å². The lowest BCUT2D eigenvalue weighted by Crippen LogP contribution is -2.70. The Hall–Kier alpha value is -2.67. The lowest BCUT2D eigenvalue weighted by Gasteiger charge is -2.62. The number of fused-ring (bicyclic) bond motifs is 1. The monoisotopic (exact) mass is 597 g/mol. The van der Waals surface area contributed by atoms with Gasteiger partial charge in [0.15, 0.2) is 0 Å². The van der Waals surface area contributed by atoms with Gasteiger partial charge in [-0.1, -0.05) is 18.2 Å². The highest BCUT2D eigenvalue weighted by Crippen LogP contribution is 2.75. The largest absolute Gasteiger partial charge is 0.462 e. The summed E-state index contributed by atoms with van der Waals surface area (Å²) < 4.78 is 36.5. The summed E-state index contributed by atoms with van der Waals surface area (Å²) in [6.45, 7) is 1.99. The van der Waals surface area contributed by atoms with Crippen molar-refractivity contribution >= 4 is 17.7 Å². The van der Waals surface area contributed by atoms with Crippen molar-refractivity contribution in [3.63, 3.8) is 0 Å². The zero-order chi connectivity index (χ0) is 30.5. The third-order valence-corrected chi connectivity index (χ3v) is 11.5. The molecule has 232 valence electrons. The fraction of sp³-hybridized carbons (Fsp3) is 0.656. The van der Waals surface area contributed by atoms with Gasteiger partial charge in [-0.25, -0.2) is 4.79 Å². The molecule has 2 N–H and O–H groups in total. The summed E-state index contributed by atoms with van der Waals surface area (Å²) in [4.78, 5) is 31.1. The molecule has 1 unspecified atom stereocenters. The molecule has 0 aromatic heterocycles. The Morgan fingerprint density at radius 2 is 1.74 bits per heavy atom. The van der Waals surface area contributed by atoms with E-state index in [4.69, 9.17) is 33.4 Å². The zero-order valence-corrected chi connectivity index (χ0v) is 25.0. The van der Waals surface area contributed by atoms with Gasteiger partial charge in [0.05, 0.1) is 42.0 Å². The van der Waals surface area contributed by atoms with Crippen LogP contribution in [0.2, 0.25) is 0 Å². The average Bonchev–Trinajstić information content (AvgIpc) is 3.30. The summed E-state index contributed by atoms with van der Waals surface area (Å²) in [5, 5.41) is 24.4. The number of carbonyl (C=O) groups excluding carboxylic acids is 2. The van der Waals surface area contributed by atoms with Gasteiger partial charge in [0.25, 0.3) is 0 Å². The predicted octanol–water partition coefficient (Wildman–Crippen LogP) is 1.35. The molecule has 0 saturated heterocycles. The summed E-state index contributed by atoms with van der Waals surface area (Å²) in [5.74, 6) is -2.19. The minimum absolute atomic E-state index is 0.170. The molecule has 7 bridgehead atoms. The maximum absolute atomic E-state index is 13.5. The molecule has 1 heterocycles. The molecular formula is C32H39NO10. The Morgan fingerprint density at radius 3 is 2.37 bits per heavy atom. The molecule has 0 radical (unpaired) electrons. The maximum Gasteiger partial charge on any atom is 0.338 e. The molecule has 4 fully saturated rings. The molecular weight excluding hydrogens is 558 g/mol. The van der Waals surface area contributed by atoms with Crippen molar-refractivity contribution in [1.82, 2.24) is 0 Å². The minimum Gasteiger partial charge on any atom is -0.462 e. The predicted molar refractivity (Wildman–Crippen MR) is 150 cm³/mol. The summed E-state index contributed by atoms with van der Waals surface area (Å²) in [7, 11) is 6.33. The molecule has 1 aliphatic heterocycles. The molecule has 1 aromatic rings. The highest BCUT2D eigenvalue weighted by Gasteiger charge is 2.83. The Kier molecular flexibility index (Phi) is 6.70. The van der Waals surface area contributed by atoms with Crippen LogP contribution in [0, 0.1) is 28.6 Å². The van der Waals surface area contributed by atoms with Crippen molar-refractivity contribution < 1.29 is 48.2 Å². The van der Waals surface area contributed by atoms with Crippen LogP contribution < -0.4 is 0 Å². The first kappa shape index (κ1) is 29.1. The van der Waals surface area contributed by atoms with Crippen molar-refractivity contribution in [2.45, 2.75) is 62.0 Å². The number of ether oxygens (including phenoxy) is 6. The summed E-state index contributed by atoms with van der Waals surface area (Å²) in [6.07, 6.45) is -4.27. The molecule has 1 aromatic carbocycles. The number of aliphatic imine (C=N–C) groups is 1. The third-order valence-electron chi connectivity index (χ3n) is 11.5. The van der Waals surface area contributed by atoms with Crippen LogP contribution in [0.4, 0.5) is 0 Å². The molecule has 6 aliphatic rings. The number of nitrogens with zero attached hydrogens (tertiary/aromatic N) is 1. The second-order valence-electron chi connectivity index (χ2n) is 12.9. The second kappa shape index (κ2) is 9.92.